The summed E-state index contributed by atoms with van der Waals surface area (Å²) in [7, 11) is 0. The smallest absolute Gasteiger partial charge is 0.189 e. The number of hydrogen-bond donors (Lipinski definition) is 0. The molecule has 2 rings (SSSR count). The largest absolute Gasteiger partial charge is 0.344 e. The van der Waals surface area contributed by atoms with Gasteiger partial charge in [-0.25, -0.2) is 0 Å². The minimum Gasteiger partial charge on any atom is -0.344 e. The van der Waals surface area contributed by atoms with Crippen molar-refractivity contribution >= 4 is 0 Å². The van der Waals surface area contributed by atoms with Crippen LogP contribution in [0.1, 0.15) is 27.2 Å². The molecule has 1 saturated heterocycles. The van der Waals surface area contributed by atoms with Crippen LogP contribution in [0.5, 0.6) is 0 Å². The maximum absolute atomic E-state index is 8.81. The number of nitrogens with zero attached hydrogens (tertiary/aromatic N) is 1. The molecule has 0 unspecified atom stereocenters. The van der Waals surface area contributed by atoms with Crippen LogP contribution in [-0.2, 0) is 9.47 Å². The summed E-state index contributed by atoms with van der Waals surface area (Å²) in [5.41, 5.74) is 2.08. The number of ether oxygens (including phenoxy) is 2. The van der Waals surface area contributed by atoms with Crippen molar-refractivity contribution in [2.75, 3.05) is 13.2 Å². The van der Waals surface area contributed by atoms with Gasteiger partial charge >= 0.3 is 0 Å². The highest BCUT2D eigenvalue weighted by Gasteiger charge is 2.45. The molecule has 0 aromatic heterocycles. The van der Waals surface area contributed by atoms with Gasteiger partial charge < -0.3 is 9.47 Å². The SMILES string of the molecule is CC1=CC2(CC(C)(C)/C1=C/C#N)OCCO2. The fourth-order valence-corrected chi connectivity index (χ4v) is 2.73. The van der Waals surface area contributed by atoms with Crippen molar-refractivity contribution in [3.8, 4) is 6.07 Å². The van der Waals surface area contributed by atoms with E-state index in [2.05, 4.69) is 19.9 Å². The zero-order chi connectivity index (χ0) is 11.8. The monoisotopic (exact) mass is 219 g/mol. The van der Waals surface area contributed by atoms with Crippen LogP contribution in [-0.4, -0.2) is 19.0 Å². The molecule has 2 aliphatic rings. The molecule has 0 N–H and O–H groups in total. The zero-order valence-electron chi connectivity index (χ0n) is 10.0. The molecule has 0 radical (unpaired) electrons. The van der Waals surface area contributed by atoms with Gasteiger partial charge in [-0.3, -0.25) is 0 Å². The zero-order valence-corrected chi connectivity index (χ0v) is 10.0. The predicted molar refractivity (Wildman–Crippen MR) is 60.5 cm³/mol. The highest BCUT2D eigenvalue weighted by molar-refractivity contribution is 5.42. The lowest BCUT2D eigenvalue weighted by Crippen LogP contribution is -2.39. The minimum atomic E-state index is -0.555. The number of nitriles is 1. The van der Waals surface area contributed by atoms with Gasteiger partial charge in [-0.2, -0.15) is 5.26 Å². The lowest BCUT2D eigenvalue weighted by molar-refractivity contribution is -0.139. The van der Waals surface area contributed by atoms with Crippen molar-refractivity contribution in [3.05, 3.63) is 23.3 Å². The standard InChI is InChI=1S/C13H17NO2/c1-10-8-13(15-6-7-16-13)9-12(2,3)11(10)4-5-14/h4,8H,6-7,9H2,1-3H3/b11-4+. The molecule has 0 saturated carbocycles. The molecule has 86 valence electrons. The number of rotatable bonds is 0. The topological polar surface area (TPSA) is 42.2 Å². The molecule has 1 aliphatic carbocycles. The average Bonchev–Trinajstić information content (AvgIpc) is 2.59. The average molecular weight is 219 g/mol. The van der Waals surface area contributed by atoms with Crippen LogP contribution < -0.4 is 0 Å². The van der Waals surface area contributed by atoms with Gasteiger partial charge in [0.1, 0.15) is 0 Å². The molecule has 0 amide bonds. The van der Waals surface area contributed by atoms with Crippen molar-refractivity contribution in [1.82, 2.24) is 0 Å². The van der Waals surface area contributed by atoms with Gasteiger partial charge in [0.25, 0.3) is 0 Å². The van der Waals surface area contributed by atoms with Crippen LogP contribution in [0.15, 0.2) is 23.3 Å². The minimum absolute atomic E-state index is 0.0844. The summed E-state index contributed by atoms with van der Waals surface area (Å²) in [6.07, 6.45) is 4.41. The molecule has 1 fully saturated rings. The quantitative estimate of drug-likeness (QED) is 0.588. The lowest BCUT2D eigenvalue weighted by Gasteiger charge is -2.40. The van der Waals surface area contributed by atoms with E-state index in [1.54, 1.807) is 6.08 Å². The van der Waals surface area contributed by atoms with E-state index in [0.717, 1.165) is 17.6 Å². The molecule has 1 heterocycles. The van der Waals surface area contributed by atoms with Crippen molar-refractivity contribution < 1.29 is 9.47 Å². The summed E-state index contributed by atoms with van der Waals surface area (Å²) in [6, 6.07) is 2.12. The van der Waals surface area contributed by atoms with Crippen molar-refractivity contribution in [1.29, 1.82) is 5.26 Å². The Morgan fingerprint density at radius 2 is 2.00 bits per heavy atom. The molecular formula is C13H17NO2. The molecule has 0 bridgehead atoms. The lowest BCUT2D eigenvalue weighted by atomic mass is 9.71. The number of allylic oxidation sites excluding steroid dienone is 3. The normalized spacial score (nSPS) is 29.1. The summed E-state index contributed by atoms with van der Waals surface area (Å²) in [6.45, 7) is 7.56. The Morgan fingerprint density at radius 3 is 2.50 bits per heavy atom. The second-order valence-corrected chi connectivity index (χ2v) is 5.08. The van der Waals surface area contributed by atoms with E-state index in [4.69, 9.17) is 14.7 Å². The molecule has 1 aliphatic heterocycles. The molecule has 0 atom stereocenters. The maximum Gasteiger partial charge on any atom is 0.189 e. The van der Waals surface area contributed by atoms with E-state index in [1.807, 2.05) is 13.0 Å². The number of hydrogen-bond acceptors (Lipinski definition) is 3. The van der Waals surface area contributed by atoms with Crippen LogP contribution in [0, 0.1) is 16.7 Å². The van der Waals surface area contributed by atoms with Gasteiger partial charge in [-0.15, -0.1) is 0 Å². The molecule has 0 aromatic carbocycles. The van der Waals surface area contributed by atoms with Crippen LogP contribution in [0.4, 0.5) is 0 Å². The maximum atomic E-state index is 8.81. The van der Waals surface area contributed by atoms with Crippen LogP contribution >= 0.6 is 0 Å². The van der Waals surface area contributed by atoms with E-state index in [1.165, 1.54) is 0 Å². The first kappa shape index (κ1) is 11.4. The summed E-state index contributed by atoms with van der Waals surface area (Å²) in [4.78, 5) is 0. The summed E-state index contributed by atoms with van der Waals surface area (Å²) in [5.74, 6) is -0.555. The van der Waals surface area contributed by atoms with E-state index in [0.29, 0.717) is 13.2 Å². The van der Waals surface area contributed by atoms with Gasteiger partial charge in [0.15, 0.2) is 5.79 Å². The summed E-state index contributed by atoms with van der Waals surface area (Å²) >= 11 is 0. The Hall–Kier alpha value is -1.11. The predicted octanol–water partition coefficient (Wildman–Crippen LogP) is 2.56. The molecule has 3 nitrogen and oxygen atoms in total. The third kappa shape index (κ3) is 1.79. The second-order valence-electron chi connectivity index (χ2n) is 5.08. The van der Waals surface area contributed by atoms with Crippen LogP contribution in [0.25, 0.3) is 0 Å². The third-order valence-corrected chi connectivity index (χ3v) is 3.26. The Balaban J connectivity index is 2.42. The van der Waals surface area contributed by atoms with Gasteiger partial charge in [0.2, 0.25) is 0 Å². The molecular weight excluding hydrogens is 202 g/mol. The van der Waals surface area contributed by atoms with Gasteiger partial charge in [0.05, 0.1) is 19.3 Å². The molecule has 16 heavy (non-hydrogen) atoms. The fourth-order valence-electron chi connectivity index (χ4n) is 2.73. The van der Waals surface area contributed by atoms with Gasteiger partial charge in [-0.1, -0.05) is 13.8 Å². The Morgan fingerprint density at radius 1 is 1.38 bits per heavy atom. The van der Waals surface area contributed by atoms with E-state index < -0.39 is 5.79 Å². The van der Waals surface area contributed by atoms with E-state index in [9.17, 15) is 0 Å². The highest BCUT2D eigenvalue weighted by Crippen LogP contribution is 2.47. The van der Waals surface area contributed by atoms with Crippen molar-refractivity contribution in [2.24, 2.45) is 5.41 Å². The third-order valence-electron chi connectivity index (χ3n) is 3.26. The van der Waals surface area contributed by atoms with E-state index >= 15 is 0 Å². The first-order chi connectivity index (χ1) is 7.49. The molecule has 3 heteroatoms. The molecule has 0 aromatic rings. The first-order valence-electron chi connectivity index (χ1n) is 5.57. The van der Waals surface area contributed by atoms with Crippen molar-refractivity contribution in [2.45, 2.75) is 33.0 Å². The first-order valence-corrected chi connectivity index (χ1v) is 5.57. The Labute approximate surface area is 96.3 Å². The molecule has 1 spiro atoms. The Bertz CT molecular complexity index is 393. The van der Waals surface area contributed by atoms with E-state index in [-0.39, 0.29) is 5.41 Å². The second kappa shape index (κ2) is 3.73. The fraction of sp³-hybridized carbons (Fsp3) is 0.615. The summed E-state index contributed by atoms with van der Waals surface area (Å²) in [5, 5.41) is 8.81. The van der Waals surface area contributed by atoms with Gasteiger partial charge in [-0.05, 0) is 29.6 Å². The highest BCUT2D eigenvalue weighted by atomic mass is 16.7. The van der Waals surface area contributed by atoms with Crippen molar-refractivity contribution in [3.63, 3.8) is 0 Å². The van der Waals surface area contributed by atoms with Crippen LogP contribution in [0.2, 0.25) is 0 Å². The summed E-state index contributed by atoms with van der Waals surface area (Å²) < 4.78 is 11.4. The van der Waals surface area contributed by atoms with Crippen LogP contribution in [0.3, 0.4) is 0 Å². The van der Waals surface area contributed by atoms with Gasteiger partial charge in [0, 0.05) is 12.5 Å². The Kier molecular flexibility index (Phi) is 2.65.